The smallest absolute Gasteiger partial charge is 0.307 e. The summed E-state index contributed by atoms with van der Waals surface area (Å²) in [7, 11) is 0.461. The van der Waals surface area contributed by atoms with Gasteiger partial charge in [-0.2, -0.15) is 4.31 Å². The predicted octanol–water partition coefficient (Wildman–Crippen LogP) is 2.95. The molecule has 0 unspecified atom stereocenters. The van der Waals surface area contributed by atoms with Gasteiger partial charge in [-0.3, -0.25) is 4.79 Å². The molecular formula is C22H27NO7S. The number of hydrogen-bond acceptors (Lipinski definition) is 7. The Labute approximate surface area is 182 Å². The van der Waals surface area contributed by atoms with Crippen molar-refractivity contribution in [1.82, 2.24) is 4.31 Å². The van der Waals surface area contributed by atoms with Crippen molar-refractivity contribution in [1.29, 1.82) is 0 Å². The summed E-state index contributed by atoms with van der Waals surface area (Å²) in [4.78, 5) is 12.3. The van der Waals surface area contributed by atoms with Crippen LogP contribution in [0.2, 0.25) is 0 Å². The molecule has 0 aromatic heterocycles. The lowest BCUT2D eigenvalue weighted by atomic mass is 9.91. The summed E-state index contributed by atoms with van der Waals surface area (Å²) in [5, 5.41) is 0. The van der Waals surface area contributed by atoms with Gasteiger partial charge in [0.15, 0.2) is 11.5 Å². The summed E-state index contributed by atoms with van der Waals surface area (Å²) >= 11 is 0. The van der Waals surface area contributed by atoms with Crippen LogP contribution in [0.15, 0.2) is 41.3 Å². The molecule has 168 valence electrons. The number of esters is 1. The number of nitrogens with zero attached hydrogens (tertiary/aromatic N) is 1. The Morgan fingerprint density at radius 3 is 2.29 bits per heavy atom. The van der Waals surface area contributed by atoms with E-state index in [4.69, 9.17) is 18.9 Å². The van der Waals surface area contributed by atoms with Gasteiger partial charge < -0.3 is 18.9 Å². The Kier molecular flexibility index (Phi) is 7.07. The zero-order valence-corrected chi connectivity index (χ0v) is 18.9. The number of sulfonamides is 1. The number of methoxy groups -OCH3 is 3. The molecule has 31 heavy (non-hydrogen) atoms. The summed E-state index contributed by atoms with van der Waals surface area (Å²) < 4.78 is 49.4. The van der Waals surface area contributed by atoms with Gasteiger partial charge in [0.25, 0.3) is 0 Å². The van der Waals surface area contributed by atoms with Gasteiger partial charge in [0.1, 0.15) is 5.75 Å². The largest absolute Gasteiger partial charge is 0.494 e. The second-order valence-corrected chi connectivity index (χ2v) is 8.86. The number of ether oxygens (including phenoxy) is 4. The van der Waals surface area contributed by atoms with Crippen molar-refractivity contribution in [2.24, 2.45) is 0 Å². The third-order valence-electron chi connectivity index (χ3n) is 5.28. The predicted molar refractivity (Wildman–Crippen MR) is 114 cm³/mol. The molecule has 0 spiro atoms. The van der Waals surface area contributed by atoms with Crippen molar-refractivity contribution >= 4 is 16.0 Å². The summed E-state index contributed by atoms with van der Waals surface area (Å²) in [6.07, 6.45) is 0.360. The Hall–Kier alpha value is -2.78. The van der Waals surface area contributed by atoms with E-state index in [1.807, 2.05) is 13.0 Å². The number of rotatable bonds is 8. The van der Waals surface area contributed by atoms with E-state index in [1.54, 1.807) is 25.3 Å². The maximum atomic E-state index is 13.5. The zero-order chi connectivity index (χ0) is 22.6. The van der Waals surface area contributed by atoms with E-state index in [0.717, 1.165) is 5.56 Å². The average molecular weight is 450 g/mol. The topological polar surface area (TPSA) is 91.4 Å². The third-order valence-corrected chi connectivity index (χ3v) is 7.20. The fourth-order valence-corrected chi connectivity index (χ4v) is 5.36. The standard InChI is InChI=1S/C22H27NO7S/c1-5-30-16-6-8-17(9-7-16)31(25,26)23-11-10-15-12-20(27-2)21(28-3)13-18(15)19(23)14-22(24)29-4/h6-9,12-13,19H,5,10-11,14H2,1-4H3/t19-/m0/s1. The molecule has 1 aliphatic rings. The van der Waals surface area contributed by atoms with Crippen molar-refractivity contribution in [2.45, 2.75) is 30.7 Å². The Morgan fingerprint density at radius 2 is 1.71 bits per heavy atom. The molecule has 0 N–H and O–H groups in total. The minimum absolute atomic E-state index is 0.116. The summed E-state index contributed by atoms with van der Waals surface area (Å²) in [5.74, 6) is 1.12. The van der Waals surface area contributed by atoms with Crippen LogP contribution < -0.4 is 14.2 Å². The van der Waals surface area contributed by atoms with Gasteiger partial charge >= 0.3 is 5.97 Å². The van der Waals surface area contributed by atoms with Crippen LogP contribution in [0, 0.1) is 0 Å². The summed E-state index contributed by atoms with van der Waals surface area (Å²) in [5.41, 5.74) is 1.61. The average Bonchev–Trinajstić information content (AvgIpc) is 2.78. The second kappa shape index (κ2) is 9.57. The first-order valence-electron chi connectivity index (χ1n) is 9.92. The van der Waals surface area contributed by atoms with Crippen LogP contribution in [0.4, 0.5) is 0 Å². The molecule has 3 rings (SSSR count). The number of carbonyl (C=O) groups excluding carboxylic acids is 1. The first-order valence-corrected chi connectivity index (χ1v) is 11.4. The van der Waals surface area contributed by atoms with Gasteiger partial charge in [-0.05, 0) is 60.9 Å². The van der Waals surface area contributed by atoms with Gasteiger partial charge in [-0.25, -0.2) is 8.42 Å². The van der Waals surface area contributed by atoms with Crippen LogP contribution in [-0.4, -0.2) is 53.2 Å². The molecule has 1 aliphatic heterocycles. The van der Waals surface area contributed by atoms with Crippen LogP contribution in [0.5, 0.6) is 17.2 Å². The molecule has 9 heteroatoms. The molecule has 2 aromatic rings. The van der Waals surface area contributed by atoms with Crippen LogP contribution in [0.25, 0.3) is 0 Å². The van der Waals surface area contributed by atoms with Gasteiger partial charge in [0, 0.05) is 6.54 Å². The highest BCUT2D eigenvalue weighted by atomic mass is 32.2. The van der Waals surface area contributed by atoms with Gasteiger partial charge in [-0.1, -0.05) is 0 Å². The lowest BCUT2D eigenvalue weighted by molar-refractivity contribution is -0.141. The van der Waals surface area contributed by atoms with Crippen LogP contribution in [0.1, 0.15) is 30.5 Å². The van der Waals surface area contributed by atoms with E-state index in [2.05, 4.69) is 0 Å². The van der Waals surface area contributed by atoms with E-state index >= 15 is 0 Å². The van der Waals surface area contributed by atoms with Crippen LogP contribution in [0.3, 0.4) is 0 Å². The number of fused-ring (bicyclic) bond motifs is 1. The van der Waals surface area contributed by atoms with E-state index in [-0.39, 0.29) is 17.9 Å². The van der Waals surface area contributed by atoms with Gasteiger partial charge in [-0.15, -0.1) is 0 Å². The molecule has 0 saturated heterocycles. The van der Waals surface area contributed by atoms with Crippen molar-refractivity contribution in [2.75, 3.05) is 34.5 Å². The molecule has 8 nitrogen and oxygen atoms in total. The lowest BCUT2D eigenvalue weighted by Gasteiger charge is -2.36. The Balaban J connectivity index is 2.05. The molecule has 0 aliphatic carbocycles. The molecule has 0 bridgehead atoms. The maximum absolute atomic E-state index is 13.5. The SMILES string of the molecule is CCOc1ccc(S(=O)(=O)N2CCc3cc(OC)c(OC)cc3[C@@H]2CC(=O)OC)cc1. The maximum Gasteiger partial charge on any atom is 0.307 e. The highest BCUT2D eigenvalue weighted by molar-refractivity contribution is 7.89. The van der Waals surface area contributed by atoms with E-state index in [9.17, 15) is 13.2 Å². The number of carbonyl (C=O) groups is 1. The summed E-state index contributed by atoms with van der Waals surface area (Å²) in [6, 6.07) is 9.11. The highest BCUT2D eigenvalue weighted by Crippen LogP contribution is 2.41. The second-order valence-electron chi connectivity index (χ2n) is 6.97. The number of benzene rings is 2. The first kappa shape index (κ1) is 22.9. The van der Waals surface area contributed by atoms with Crippen molar-refractivity contribution in [3.8, 4) is 17.2 Å². The minimum Gasteiger partial charge on any atom is -0.494 e. The van der Waals surface area contributed by atoms with Crippen molar-refractivity contribution < 1.29 is 32.2 Å². The Morgan fingerprint density at radius 1 is 1.06 bits per heavy atom. The minimum atomic E-state index is -3.88. The molecule has 1 heterocycles. The monoisotopic (exact) mass is 449 g/mol. The van der Waals surface area contributed by atoms with E-state index in [1.165, 1.54) is 30.7 Å². The fraction of sp³-hybridized carbons (Fsp3) is 0.409. The quantitative estimate of drug-likeness (QED) is 0.572. The van der Waals surface area contributed by atoms with Crippen molar-refractivity contribution in [3.63, 3.8) is 0 Å². The van der Waals surface area contributed by atoms with E-state index in [0.29, 0.717) is 35.8 Å². The van der Waals surface area contributed by atoms with Crippen LogP contribution in [-0.2, 0) is 26.0 Å². The molecule has 0 saturated carbocycles. The third kappa shape index (κ3) is 4.62. The molecule has 0 radical (unpaired) electrons. The zero-order valence-electron chi connectivity index (χ0n) is 18.1. The molecular weight excluding hydrogens is 422 g/mol. The molecule has 0 amide bonds. The molecule has 1 atom stereocenters. The lowest BCUT2D eigenvalue weighted by Crippen LogP contribution is -2.41. The van der Waals surface area contributed by atoms with E-state index < -0.39 is 22.0 Å². The highest BCUT2D eigenvalue weighted by Gasteiger charge is 2.38. The van der Waals surface area contributed by atoms with Gasteiger partial charge in [0.05, 0.1) is 45.3 Å². The van der Waals surface area contributed by atoms with Crippen LogP contribution >= 0.6 is 0 Å². The molecule has 0 fully saturated rings. The van der Waals surface area contributed by atoms with Gasteiger partial charge in [0.2, 0.25) is 10.0 Å². The van der Waals surface area contributed by atoms with Crippen molar-refractivity contribution in [3.05, 3.63) is 47.5 Å². The molecule has 2 aromatic carbocycles. The first-order chi connectivity index (χ1) is 14.8. The fourth-order valence-electron chi connectivity index (χ4n) is 3.76. The number of hydrogen-bond donors (Lipinski definition) is 0. The normalized spacial score (nSPS) is 16.3. The Bertz CT molecular complexity index is 1030. The summed E-state index contributed by atoms with van der Waals surface area (Å²) in [6.45, 7) is 2.57.